The number of hydrogen-bond donors (Lipinski definition) is 2. The minimum absolute atomic E-state index is 0.138. The fourth-order valence-electron chi connectivity index (χ4n) is 2.55. The van der Waals surface area contributed by atoms with Crippen molar-refractivity contribution >= 4 is 11.9 Å². The molecule has 0 spiro atoms. The maximum absolute atomic E-state index is 12.3. The van der Waals surface area contributed by atoms with Crippen LogP contribution in [0.3, 0.4) is 0 Å². The first-order valence-electron chi connectivity index (χ1n) is 8.00. The van der Waals surface area contributed by atoms with Crippen LogP contribution in [0.2, 0.25) is 0 Å². The van der Waals surface area contributed by atoms with E-state index in [0.717, 1.165) is 17.1 Å². The number of rotatable bonds is 6. The molecule has 0 aliphatic carbocycles. The quantitative estimate of drug-likeness (QED) is 0.853. The number of amides is 1. The molecule has 128 valence electrons. The molecule has 0 aliphatic rings. The van der Waals surface area contributed by atoms with E-state index in [4.69, 9.17) is 0 Å². The highest BCUT2D eigenvalue weighted by atomic mass is 16.4. The van der Waals surface area contributed by atoms with Crippen LogP contribution in [0, 0.1) is 19.8 Å². The lowest BCUT2D eigenvalue weighted by Crippen LogP contribution is -2.45. The van der Waals surface area contributed by atoms with Crippen molar-refractivity contribution in [3.63, 3.8) is 0 Å². The van der Waals surface area contributed by atoms with Gasteiger partial charge in [-0.15, -0.1) is 0 Å². The van der Waals surface area contributed by atoms with E-state index in [1.54, 1.807) is 28.9 Å². The molecule has 1 aromatic carbocycles. The van der Waals surface area contributed by atoms with E-state index in [2.05, 4.69) is 10.4 Å². The van der Waals surface area contributed by atoms with Gasteiger partial charge in [0.1, 0.15) is 6.04 Å². The smallest absolute Gasteiger partial charge is 0.326 e. The van der Waals surface area contributed by atoms with Gasteiger partial charge in [-0.3, -0.25) is 4.79 Å². The predicted molar refractivity (Wildman–Crippen MR) is 91.4 cm³/mol. The summed E-state index contributed by atoms with van der Waals surface area (Å²) in [6.45, 7) is 7.59. The molecule has 2 atom stereocenters. The van der Waals surface area contributed by atoms with Crippen molar-refractivity contribution in [1.29, 1.82) is 0 Å². The highest BCUT2D eigenvalue weighted by molar-refractivity contribution is 5.96. The number of nitrogens with one attached hydrogen (secondary N) is 1. The van der Waals surface area contributed by atoms with Crippen molar-refractivity contribution in [2.75, 3.05) is 0 Å². The Bertz CT molecular complexity index is 734. The highest BCUT2D eigenvalue weighted by Gasteiger charge is 2.25. The highest BCUT2D eigenvalue weighted by Crippen LogP contribution is 2.14. The third kappa shape index (κ3) is 3.82. The Morgan fingerprint density at radius 3 is 2.33 bits per heavy atom. The number of aliphatic carboxylic acids is 1. The molecule has 1 aromatic heterocycles. The molecule has 2 aromatic rings. The number of hydrogen-bond acceptors (Lipinski definition) is 3. The van der Waals surface area contributed by atoms with E-state index < -0.39 is 12.0 Å². The number of carbonyl (C=O) groups is 2. The first kappa shape index (κ1) is 17.7. The van der Waals surface area contributed by atoms with Gasteiger partial charge in [-0.25, -0.2) is 9.48 Å². The summed E-state index contributed by atoms with van der Waals surface area (Å²) in [6, 6.07) is 8.04. The average Bonchev–Trinajstić information content (AvgIpc) is 2.90. The molecular weight excluding hydrogens is 306 g/mol. The predicted octanol–water partition coefficient (Wildman–Crippen LogP) is 2.72. The van der Waals surface area contributed by atoms with Crippen LogP contribution < -0.4 is 5.32 Å². The zero-order valence-electron chi connectivity index (χ0n) is 14.4. The summed E-state index contributed by atoms with van der Waals surface area (Å²) < 4.78 is 1.80. The molecule has 0 fully saturated rings. The van der Waals surface area contributed by atoms with E-state index >= 15 is 0 Å². The SMILES string of the molecule is CCC(C)C(NC(=O)c1ccc(-n2nc(C)cc2C)cc1)C(=O)O. The van der Waals surface area contributed by atoms with Gasteiger partial charge < -0.3 is 10.4 Å². The summed E-state index contributed by atoms with van der Waals surface area (Å²) in [5, 5.41) is 16.3. The number of nitrogens with zero attached hydrogens (tertiary/aromatic N) is 2. The van der Waals surface area contributed by atoms with Crippen molar-refractivity contribution in [1.82, 2.24) is 15.1 Å². The molecule has 6 nitrogen and oxygen atoms in total. The lowest BCUT2D eigenvalue weighted by atomic mass is 9.99. The van der Waals surface area contributed by atoms with E-state index in [0.29, 0.717) is 12.0 Å². The first-order chi connectivity index (χ1) is 11.3. The summed E-state index contributed by atoms with van der Waals surface area (Å²) in [4.78, 5) is 23.6. The Balaban J connectivity index is 2.16. The fraction of sp³-hybridized carbons (Fsp3) is 0.389. The first-order valence-corrected chi connectivity index (χ1v) is 8.00. The van der Waals surface area contributed by atoms with Crippen molar-refractivity contribution in [3.8, 4) is 5.69 Å². The zero-order valence-corrected chi connectivity index (χ0v) is 14.4. The Kier molecular flexibility index (Phi) is 5.39. The van der Waals surface area contributed by atoms with Gasteiger partial charge >= 0.3 is 5.97 Å². The summed E-state index contributed by atoms with van der Waals surface area (Å²) in [5.74, 6) is -1.54. The largest absolute Gasteiger partial charge is 0.480 e. The molecule has 0 saturated heterocycles. The second-order valence-corrected chi connectivity index (χ2v) is 6.06. The van der Waals surface area contributed by atoms with Gasteiger partial charge in [-0.2, -0.15) is 5.10 Å². The number of carboxylic acid groups (broad SMARTS) is 1. The van der Waals surface area contributed by atoms with Crippen LogP contribution in [0.15, 0.2) is 30.3 Å². The maximum atomic E-state index is 12.3. The summed E-state index contributed by atoms with van der Waals surface area (Å²) in [6.07, 6.45) is 0.675. The van der Waals surface area contributed by atoms with Crippen molar-refractivity contribution in [3.05, 3.63) is 47.3 Å². The van der Waals surface area contributed by atoms with Gasteiger partial charge in [0.2, 0.25) is 0 Å². The van der Waals surface area contributed by atoms with Gasteiger partial charge in [0.15, 0.2) is 0 Å². The van der Waals surface area contributed by atoms with Crippen LogP contribution >= 0.6 is 0 Å². The molecule has 0 bridgehead atoms. The van der Waals surface area contributed by atoms with Crippen molar-refractivity contribution in [2.45, 2.75) is 40.2 Å². The van der Waals surface area contributed by atoms with Crippen molar-refractivity contribution < 1.29 is 14.7 Å². The number of carbonyl (C=O) groups excluding carboxylic acids is 1. The van der Waals surface area contributed by atoms with E-state index in [-0.39, 0.29) is 11.8 Å². The third-order valence-electron chi connectivity index (χ3n) is 4.15. The van der Waals surface area contributed by atoms with Gasteiger partial charge in [-0.1, -0.05) is 20.3 Å². The molecule has 24 heavy (non-hydrogen) atoms. The minimum atomic E-state index is -1.02. The van der Waals surface area contributed by atoms with Crippen LogP contribution in [0.4, 0.5) is 0 Å². The van der Waals surface area contributed by atoms with Crippen LogP contribution in [-0.2, 0) is 4.79 Å². The normalized spacial score (nSPS) is 13.3. The summed E-state index contributed by atoms with van der Waals surface area (Å²) in [7, 11) is 0. The number of benzene rings is 1. The van der Waals surface area contributed by atoms with Gasteiger partial charge in [0.25, 0.3) is 5.91 Å². The average molecular weight is 329 g/mol. The number of aryl methyl sites for hydroxylation is 2. The van der Waals surface area contributed by atoms with E-state index in [1.165, 1.54) is 0 Å². The molecule has 2 unspecified atom stereocenters. The minimum Gasteiger partial charge on any atom is -0.480 e. The second-order valence-electron chi connectivity index (χ2n) is 6.06. The summed E-state index contributed by atoms with van der Waals surface area (Å²) in [5.41, 5.74) is 3.21. The Labute approximate surface area is 141 Å². The molecule has 1 heterocycles. The second kappa shape index (κ2) is 7.29. The lowest BCUT2D eigenvalue weighted by molar-refractivity contribution is -0.140. The maximum Gasteiger partial charge on any atom is 0.326 e. The van der Waals surface area contributed by atoms with Crippen LogP contribution in [0.1, 0.15) is 42.0 Å². The molecular formula is C18H23N3O3. The fourth-order valence-corrected chi connectivity index (χ4v) is 2.55. The molecule has 6 heteroatoms. The van der Waals surface area contributed by atoms with Gasteiger partial charge in [-0.05, 0) is 50.1 Å². The van der Waals surface area contributed by atoms with E-state index in [1.807, 2.05) is 33.8 Å². The molecule has 0 aliphatic heterocycles. The van der Waals surface area contributed by atoms with Gasteiger partial charge in [0.05, 0.1) is 11.4 Å². The Morgan fingerprint density at radius 1 is 1.25 bits per heavy atom. The molecule has 0 saturated carbocycles. The van der Waals surface area contributed by atoms with Crippen LogP contribution in [0.5, 0.6) is 0 Å². The monoisotopic (exact) mass is 329 g/mol. The lowest BCUT2D eigenvalue weighted by Gasteiger charge is -2.20. The van der Waals surface area contributed by atoms with Crippen LogP contribution in [-0.4, -0.2) is 32.8 Å². The summed E-state index contributed by atoms with van der Waals surface area (Å²) >= 11 is 0. The van der Waals surface area contributed by atoms with E-state index in [9.17, 15) is 14.7 Å². The zero-order chi connectivity index (χ0) is 17.9. The Hall–Kier alpha value is -2.63. The van der Waals surface area contributed by atoms with Crippen molar-refractivity contribution in [2.24, 2.45) is 5.92 Å². The van der Waals surface area contributed by atoms with Gasteiger partial charge in [0, 0.05) is 11.3 Å². The number of carboxylic acids is 1. The Morgan fingerprint density at radius 2 is 1.88 bits per heavy atom. The molecule has 0 radical (unpaired) electrons. The molecule has 2 rings (SSSR count). The number of aromatic nitrogens is 2. The third-order valence-corrected chi connectivity index (χ3v) is 4.15. The molecule has 2 N–H and O–H groups in total. The van der Waals surface area contributed by atoms with Crippen LogP contribution in [0.25, 0.3) is 5.69 Å². The topological polar surface area (TPSA) is 84.2 Å². The standard InChI is InChI=1S/C18H23N3O3/c1-5-11(2)16(18(23)24)19-17(22)14-6-8-15(9-7-14)21-13(4)10-12(3)20-21/h6-11,16H,5H2,1-4H3,(H,19,22)(H,23,24). The molecule has 1 amide bonds.